The quantitative estimate of drug-likeness (QED) is 0.586. The highest BCUT2D eigenvalue weighted by Crippen LogP contribution is 2.53. The largest absolute Gasteiger partial charge is 0.449 e. The first-order chi connectivity index (χ1) is 15.5. The van der Waals surface area contributed by atoms with Crippen LogP contribution in [0.4, 0.5) is 4.39 Å². The third-order valence-electron chi connectivity index (χ3n) is 7.10. The Hall–Kier alpha value is -3.54. The molecule has 2 fully saturated rings. The standard InChI is InChI=1S/C26H21FN2O3/c27-22-15-18(17-7-12-28-13-8-17)5-6-21(22)25(9-10-25)24(31)29-14-11-26(16-29)20-4-2-1-3-19(20)23(30)32-26/h1-8,12-13,15H,9-11,14,16H2. The predicted molar refractivity (Wildman–Crippen MR) is 115 cm³/mol. The van der Waals surface area contributed by atoms with Gasteiger partial charge in [-0.05, 0) is 48.2 Å². The molecule has 1 aliphatic carbocycles. The molecule has 0 N–H and O–H groups in total. The second-order valence-corrected chi connectivity index (χ2v) is 8.92. The molecule has 3 heterocycles. The van der Waals surface area contributed by atoms with E-state index < -0.39 is 11.0 Å². The third-order valence-corrected chi connectivity index (χ3v) is 7.10. The van der Waals surface area contributed by atoms with Crippen LogP contribution in [0.15, 0.2) is 67.0 Å². The molecule has 1 unspecified atom stereocenters. The normalized spacial score (nSPS) is 22.7. The Morgan fingerprint density at radius 1 is 0.969 bits per heavy atom. The highest BCUT2D eigenvalue weighted by molar-refractivity contribution is 5.96. The van der Waals surface area contributed by atoms with E-state index >= 15 is 4.39 Å². The lowest BCUT2D eigenvalue weighted by molar-refractivity contribution is -0.134. The smallest absolute Gasteiger partial charge is 0.339 e. The van der Waals surface area contributed by atoms with Crippen molar-refractivity contribution >= 4 is 11.9 Å². The van der Waals surface area contributed by atoms with Crippen molar-refractivity contribution in [3.05, 3.63) is 89.5 Å². The molecule has 2 aromatic carbocycles. The summed E-state index contributed by atoms with van der Waals surface area (Å²) in [6.45, 7) is 0.798. The summed E-state index contributed by atoms with van der Waals surface area (Å²) < 4.78 is 21.0. The average molecular weight is 428 g/mol. The van der Waals surface area contributed by atoms with Crippen molar-refractivity contribution in [2.45, 2.75) is 30.3 Å². The lowest BCUT2D eigenvalue weighted by atomic mass is 9.90. The van der Waals surface area contributed by atoms with Gasteiger partial charge in [0.1, 0.15) is 5.82 Å². The van der Waals surface area contributed by atoms with Gasteiger partial charge in [0, 0.05) is 36.5 Å². The van der Waals surface area contributed by atoms with Gasteiger partial charge in [0.25, 0.3) is 0 Å². The Balaban J connectivity index is 1.28. The van der Waals surface area contributed by atoms with Crippen molar-refractivity contribution in [2.24, 2.45) is 0 Å². The zero-order valence-corrected chi connectivity index (χ0v) is 17.4. The number of nitrogens with zero attached hydrogens (tertiary/aromatic N) is 2. The van der Waals surface area contributed by atoms with E-state index in [1.54, 1.807) is 29.4 Å². The molecule has 1 aromatic heterocycles. The maximum atomic E-state index is 15.2. The molecule has 6 rings (SSSR count). The number of carbonyl (C=O) groups is 2. The van der Waals surface area contributed by atoms with E-state index in [0.29, 0.717) is 43.5 Å². The van der Waals surface area contributed by atoms with E-state index in [1.807, 2.05) is 36.4 Å². The van der Waals surface area contributed by atoms with Crippen molar-refractivity contribution in [3.8, 4) is 11.1 Å². The number of fused-ring (bicyclic) bond motifs is 2. The molecule has 2 aliphatic heterocycles. The minimum atomic E-state index is -0.825. The maximum Gasteiger partial charge on any atom is 0.339 e. The summed E-state index contributed by atoms with van der Waals surface area (Å²) in [5.74, 6) is -0.782. The second kappa shape index (κ2) is 6.73. The molecule has 3 aromatic rings. The number of pyridine rings is 1. The number of rotatable bonds is 3. The van der Waals surface area contributed by atoms with Crippen molar-refractivity contribution < 1.29 is 18.7 Å². The minimum Gasteiger partial charge on any atom is -0.449 e. The topological polar surface area (TPSA) is 59.5 Å². The fraction of sp³-hybridized carbons (Fsp3) is 0.269. The van der Waals surface area contributed by atoms with Crippen LogP contribution in [0, 0.1) is 5.82 Å². The molecule has 32 heavy (non-hydrogen) atoms. The van der Waals surface area contributed by atoms with Gasteiger partial charge in [-0.3, -0.25) is 9.78 Å². The maximum absolute atomic E-state index is 15.2. The van der Waals surface area contributed by atoms with Crippen LogP contribution >= 0.6 is 0 Å². The van der Waals surface area contributed by atoms with Crippen LogP contribution in [0.25, 0.3) is 11.1 Å². The predicted octanol–water partition coefficient (Wildman–Crippen LogP) is 4.22. The Morgan fingerprint density at radius 2 is 1.75 bits per heavy atom. The molecule has 5 nitrogen and oxygen atoms in total. The van der Waals surface area contributed by atoms with E-state index in [0.717, 1.165) is 16.7 Å². The first kappa shape index (κ1) is 19.2. The summed E-state index contributed by atoms with van der Waals surface area (Å²) in [6, 6.07) is 16.1. The second-order valence-electron chi connectivity index (χ2n) is 8.92. The number of aromatic nitrogens is 1. The number of ether oxygens (including phenoxy) is 1. The summed E-state index contributed by atoms with van der Waals surface area (Å²) in [5, 5.41) is 0. The monoisotopic (exact) mass is 428 g/mol. The molecule has 1 saturated carbocycles. The first-order valence-electron chi connectivity index (χ1n) is 10.9. The van der Waals surface area contributed by atoms with E-state index in [-0.39, 0.29) is 17.7 Å². The summed E-state index contributed by atoms with van der Waals surface area (Å²) >= 11 is 0. The lowest BCUT2D eigenvalue weighted by Gasteiger charge is -2.27. The minimum absolute atomic E-state index is 0.0784. The van der Waals surface area contributed by atoms with Crippen LogP contribution < -0.4 is 0 Å². The summed E-state index contributed by atoms with van der Waals surface area (Å²) in [7, 11) is 0. The van der Waals surface area contributed by atoms with Crippen LogP contribution in [-0.2, 0) is 20.5 Å². The first-order valence-corrected chi connectivity index (χ1v) is 10.9. The van der Waals surface area contributed by atoms with Crippen molar-refractivity contribution in [1.29, 1.82) is 0 Å². The number of amides is 1. The van der Waals surface area contributed by atoms with Gasteiger partial charge in [-0.25, -0.2) is 9.18 Å². The van der Waals surface area contributed by atoms with Gasteiger partial charge >= 0.3 is 5.97 Å². The number of likely N-dealkylation sites (tertiary alicyclic amines) is 1. The molecule has 1 spiro atoms. The Bertz CT molecular complexity index is 1250. The molecule has 1 atom stereocenters. The van der Waals surface area contributed by atoms with Gasteiger partial charge in [-0.15, -0.1) is 0 Å². The summed E-state index contributed by atoms with van der Waals surface area (Å²) in [6.07, 6.45) is 5.14. The van der Waals surface area contributed by atoms with Crippen LogP contribution in [0.3, 0.4) is 0 Å². The Kier molecular flexibility index (Phi) is 4.03. The van der Waals surface area contributed by atoms with Crippen molar-refractivity contribution in [3.63, 3.8) is 0 Å². The van der Waals surface area contributed by atoms with Gasteiger partial charge in [0.05, 0.1) is 17.5 Å². The molecule has 6 heteroatoms. The van der Waals surface area contributed by atoms with Gasteiger partial charge in [-0.1, -0.05) is 30.3 Å². The van der Waals surface area contributed by atoms with Gasteiger partial charge < -0.3 is 9.64 Å². The molecule has 1 saturated heterocycles. The number of halogens is 1. The molecule has 0 radical (unpaired) electrons. The molecule has 1 amide bonds. The van der Waals surface area contributed by atoms with Crippen LogP contribution in [0.2, 0.25) is 0 Å². The third kappa shape index (κ3) is 2.72. The van der Waals surface area contributed by atoms with E-state index in [9.17, 15) is 9.59 Å². The molecule has 160 valence electrons. The van der Waals surface area contributed by atoms with E-state index in [2.05, 4.69) is 4.98 Å². The van der Waals surface area contributed by atoms with Crippen molar-refractivity contribution in [1.82, 2.24) is 9.88 Å². The lowest BCUT2D eigenvalue weighted by Crippen LogP contribution is -2.40. The van der Waals surface area contributed by atoms with E-state index in [1.165, 1.54) is 6.07 Å². The number of hydrogen-bond acceptors (Lipinski definition) is 4. The zero-order valence-electron chi connectivity index (χ0n) is 17.4. The Labute approximate surface area is 184 Å². The Morgan fingerprint density at radius 3 is 2.50 bits per heavy atom. The highest BCUT2D eigenvalue weighted by atomic mass is 19.1. The highest BCUT2D eigenvalue weighted by Gasteiger charge is 2.58. The molecular weight excluding hydrogens is 407 g/mol. The van der Waals surface area contributed by atoms with Gasteiger partial charge in [0.2, 0.25) is 5.91 Å². The van der Waals surface area contributed by atoms with Crippen LogP contribution in [0.1, 0.15) is 40.7 Å². The summed E-state index contributed by atoms with van der Waals surface area (Å²) in [4.78, 5) is 31.7. The van der Waals surface area contributed by atoms with Crippen LogP contribution in [-0.4, -0.2) is 34.8 Å². The van der Waals surface area contributed by atoms with E-state index in [4.69, 9.17) is 4.74 Å². The van der Waals surface area contributed by atoms with Crippen molar-refractivity contribution in [2.75, 3.05) is 13.1 Å². The molecule has 3 aliphatic rings. The zero-order chi connectivity index (χ0) is 21.9. The average Bonchev–Trinajstić information content (AvgIpc) is 3.44. The van der Waals surface area contributed by atoms with Crippen LogP contribution in [0.5, 0.6) is 0 Å². The fourth-order valence-corrected chi connectivity index (χ4v) is 5.26. The van der Waals surface area contributed by atoms with Gasteiger partial charge in [0.15, 0.2) is 5.60 Å². The SMILES string of the molecule is O=C1OC2(CCN(C(=O)C3(c4ccc(-c5ccncc5)cc4F)CC3)C2)c2ccccc21. The summed E-state index contributed by atoms with van der Waals surface area (Å²) in [5.41, 5.74) is 1.89. The number of hydrogen-bond donors (Lipinski definition) is 0. The number of benzene rings is 2. The fourth-order valence-electron chi connectivity index (χ4n) is 5.26. The molecular formula is C26H21FN2O3. The number of carbonyl (C=O) groups excluding carboxylic acids is 2. The number of esters is 1. The molecule has 0 bridgehead atoms. The van der Waals surface area contributed by atoms with Gasteiger partial charge in [-0.2, -0.15) is 0 Å².